The van der Waals surface area contributed by atoms with Crippen LogP contribution in [0.25, 0.3) is 16.9 Å². The molecule has 0 saturated heterocycles. The van der Waals surface area contributed by atoms with E-state index in [0.29, 0.717) is 15.8 Å². The predicted molar refractivity (Wildman–Crippen MR) is 116 cm³/mol. The molecule has 4 aromatic rings. The highest BCUT2D eigenvalue weighted by Crippen LogP contribution is 2.23. The number of nitrogens with zero attached hydrogens (tertiary/aromatic N) is 4. The summed E-state index contributed by atoms with van der Waals surface area (Å²) in [5.41, 5.74) is 5.34. The van der Waals surface area contributed by atoms with Crippen LogP contribution in [0.2, 0.25) is 5.02 Å². The van der Waals surface area contributed by atoms with Crippen molar-refractivity contribution in [3.63, 3.8) is 0 Å². The third-order valence-corrected chi connectivity index (χ3v) is 5.53. The van der Waals surface area contributed by atoms with E-state index in [1.54, 1.807) is 4.52 Å². The highest BCUT2D eigenvalue weighted by molar-refractivity contribution is 7.99. The van der Waals surface area contributed by atoms with Gasteiger partial charge in [0, 0.05) is 16.3 Å². The number of hydrogen-bond donors (Lipinski definition) is 1. The van der Waals surface area contributed by atoms with Gasteiger partial charge in [-0.2, -0.15) is 9.61 Å². The van der Waals surface area contributed by atoms with Gasteiger partial charge in [0.1, 0.15) is 0 Å². The molecule has 0 aliphatic rings. The van der Waals surface area contributed by atoms with Crippen LogP contribution in [0, 0.1) is 13.8 Å². The number of benzene rings is 2. The number of anilines is 1. The Balaban J connectivity index is 1.49. The largest absolute Gasteiger partial charge is 0.325 e. The van der Waals surface area contributed by atoms with Gasteiger partial charge < -0.3 is 5.32 Å². The normalized spacial score (nSPS) is 11.0. The van der Waals surface area contributed by atoms with Crippen LogP contribution in [-0.4, -0.2) is 31.5 Å². The van der Waals surface area contributed by atoms with E-state index in [9.17, 15) is 4.79 Å². The number of carbonyl (C=O) groups excluding carboxylic acids is 1. The number of amides is 1. The molecular weight excluding hydrogens is 406 g/mol. The molecule has 1 N–H and O–H groups in total. The summed E-state index contributed by atoms with van der Waals surface area (Å²) >= 11 is 7.25. The van der Waals surface area contributed by atoms with E-state index in [0.717, 1.165) is 28.1 Å². The minimum atomic E-state index is -0.104. The smallest absolute Gasteiger partial charge is 0.234 e. The van der Waals surface area contributed by atoms with Crippen molar-refractivity contribution in [3.05, 3.63) is 70.7 Å². The Morgan fingerprint density at radius 1 is 1.07 bits per heavy atom. The van der Waals surface area contributed by atoms with Gasteiger partial charge in [-0.05, 0) is 49.7 Å². The summed E-state index contributed by atoms with van der Waals surface area (Å²) in [5, 5.41) is 17.1. The number of aryl methyl sites for hydroxylation is 2. The van der Waals surface area contributed by atoms with Gasteiger partial charge in [0.15, 0.2) is 5.65 Å². The Labute approximate surface area is 177 Å². The van der Waals surface area contributed by atoms with Gasteiger partial charge in [-0.1, -0.05) is 53.2 Å². The van der Waals surface area contributed by atoms with Crippen LogP contribution in [0.5, 0.6) is 0 Å². The minimum Gasteiger partial charge on any atom is -0.325 e. The first kappa shape index (κ1) is 19.4. The van der Waals surface area contributed by atoms with Crippen LogP contribution < -0.4 is 5.32 Å². The molecule has 29 heavy (non-hydrogen) atoms. The summed E-state index contributed by atoms with van der Waals surface area (Å²) < 4.78 is 1.65. The van der Waals surface area contributed by atoms with Crippen molar-refractivity contribution in [2.24, 2.45) is 0 Å². The van der Waals surface area contributed by atoms with Gasteiger partial charge in [-0.3, -0.25) is 4.79 Å². The zero-order chi connectivity index (χ0) is 20.4. The van der Waals surface area contributed by atoms with Crippen molar-refractivity contribution in [1.29, 1.82) is 0 Å². The SMILES string of the molecule is Cc1ccc(NC(=O)CSc2nnc3ccc(-c4ccc(Cl)cc4)nn23)c(C)c1. The number of hydrogen-bond acceptors (Lipinski definition) is 5. The number of fused-ring (bicyclic) bond motifs is 1. The Bertz CT molecular complexity index is 1190. The first-order valence-corrected chi connectivity index (χ1v) is 10.3. The summed E-state index contributed by atoms with van der Waals surface area (Å²) in [5.74, 6) is 0.105. The van der Waals surface area contributed by atoms with Gasteiger partial charge in [0.2, 0.25) is 11.1 Å². The van der Waals surface area contributed by atoms with E-state index >= 15 is 0 Å². The standard InChI is InChI=1S/C21H18ClN5OS/c1-13-3-8-17(14(2)11-13)23-20(28)12-29-21-25-24-19-10-9-18(26-27(19)21)15-4-6-16(22)7-5-15/h3-11H,12H2,1-2H3,(H,23,28). The lowest BCUT2D eigenvalue weighted by atomic mass is 10.1. The molecule has 4 rings (SSSR count). The molecule has 0 aliphatic heterocycles. The maximum atomic E-state index is 12.4. The van der Waals surface area contributed by atoms with Crippen LogP contribution in [-0.2, 0) is 4.79 Å². The molecule has 146 valence electrons. The van der Waals surface area contributed by atoms with Crippen LogP contribution in [0.1, 0.15) is 11.1 Å². The average Bonchev–Trinajstić information content (AvgIpc) is 3.11. The van der Waals surface area contributed by atoms with Gasteiger partial charge in [-0.25, -0.2) is 0 Å². The Kier molecular flexibility index (Phi) is 5.51. The van der Waals surface area contributed by atoms with Crippen molar-refractivity contribution in [1.82, 2.24) is 19.8 Å². The van der Waals surface area contributed by atoms with Crippen molar-refractivity contribution >= 4 is 40.6 Å². The Hall–Kier alpha value is -2.90. The maximum Gasteiger partial charge on any atom is 0.234 e. The molecule has 0 radical (unpaired) electrons. The molecule has 0 spiro atoms. The van der Waals surface area contributed by atoms with Crippen LogP contribution in [0.3, 0.4) is 0 Å². The first-order valence-electron chi connectivity index (χ1n) is 8.98. The fraction of sp³-hybridized carbons (Fsp3) is 0.143. The zero-order valence-corrected chi connectivity index (χ0v) is 17.5. The number of halogens is 1. The fourth-order valence-corrected chi connectivity index (χ4v) is 3.72. The van der Waals surface area contributed by atoms with Crippen molar-refractivity contribution in [3.8, 4) is 11.3 Å². The summed E-state index contributed by atoms with van der Waals surface area (Å²) in [6.45, 7) is 4.00. The summed E-state index contributed by atoms with van der Waals surface area (Å²) in [7, 11) is 0. The fourth-order valence-electron chi connectivity index (χ4n) is 2.90. The molecule has 6 nitrogen and oxygen atoms in total. The number of rotatable bonds is 5. The second kappa shape index (κ2) is 8.23. The molecule has 0 atom stereocenters. The maximum absolute atomic E-state index is 12.4. The molecule has 0 unspecified atom stereocenters. The predicted octanol–water partition coefficient (Wildman–Crippen LogP) is 4.79. The second-order valence-electron chi connectivity index (χ2n) is 6.63. The molecular formula is C21H18ClN5OS. The van der Waals surface area contributed by atoms with Crippen LogP contribution >= 0.6 is 23.4 Å². The van der Waals surface area contributed by atoms with Gasteiger partial charge >= 0.3 is 0 Å². The molecule has 2 aromatic carbocycles. The highest BCUT2D eigenvalue weighted by Gasteiger charge is 2.12. The summed E-state index contributed by atoms with van der Waals surface area (Å²) in [6, 6.07) is 17.1. The number of thioether (sulfide) groups is 1. The average molecular weight is 424 g/mol. The monoisotopic (exact) mass is 423 g/mol. The molecule has 2 aromatic heterocycles. The van der Waals surface area contributed by atoms with E-state index in [-0.39, 0.29) is 11.7 Å². The van der Waals surface area contributed by atoms with E-state index in [4.69, 9.17) is 11.6 Å². The summed E-state index contributed by atoms with van der Waals surface area (Å²) in [6.07, 6.45) is 0. The van der Waals surface area contributed by atoms with Gasteiger partial charge in [-0.15, -0.1) is 10.2 Å². The van der Waals surface area contributed by atoms with Crippen molar-refractivity contribution in [2.75, 3.05) is 11.1 Å². The van der Waals surface area contributed by atoms with Crippen LogP contribution in [0.15, 0.2) is 59.8 Å². The molecule has 1 amide bonds. The molecule has 0 fully saturated rings. The third kappa shape index (κ3) is 4.41. The van der Waals surface area contributed by atoms with E-state index in [1.807, 2.05) is 68.4 Å². The summed E-state index contributed by atoms with van der Waals surface area (Å²) in [4.78, 5) is 12.4. The Morgan fingerprint density at radius 3 is 2.62 bits per heavy atom. The van der Waals surface area contributed by atoms with E-state index in [2.05, 4.69) is 20.6 Å². The van der Waals surface area contributed by atoms with Gasteiger partial charge in [0.05, 0.1) is 11.4 Å². The third-order valence-electron chi connectivity index (χ3n) is 4.36. The highest BCUT2D eigenvalue weighted by atomic mass is 35.5. The number of carbonyl (C=O) groups is 1. The minimum absolute atomic E-state index is 0.104. The molecule has 2 heterocycles. The van der Waals surface area contributed by atoms with Crippen molar-refractivity contribution in [2.45, 2.75) is 19.0 Å². The lowest BCUT2D eigenvalue weighted by Gasteiger charge is -2.08. The Morgan fingerprint density at radius 2 is 1.86 bits per heavy atom. The number of nitrogens with one attached hydrogen (secondary N) is 1. The van der Waals surface area contributed by atoms with Crippen LogP contribution in [0.4, 0.5) is 5.69 Å². The molecule has 0 bridgehead atoms. The van der Waals surface area contributed by atoms with Gasteiger partial charge in [0.25, 0.3) is 0 Å². The lowest BCUT2D eigenvalue weighted by Crippen LogP contribution is -2.15. The lowest BCUT2D eigenvalue weighted by molar-refractivity contribution is -0.113. The number of aromatic nitrogens is 4. The van der Waals surface area contributed by atoms with Crippen molar-refractivity contribution < 1.29 is 4.79 Å². The molecule has 8 heteroatoms. The zero-order valence-electron chi connectivity index (χ0n) is 15.9. The second-order valence-corrected chi connectivity index (χ2v) is 8.01. The quantitative estimate of drug-likeness (QED) is 0.467. The first-order chi connectivity index (χ1) is 14.0. The van der Waals surface area contributed by atoms with E-state index in [1.165, 1.54) is 11.8 Å². The van der Waals surface area contributed by atoms with E-state index < -0.39 is 0 Å². The molecule has 0 aliphatic carbocycles. The topological polar surface area (TPSA) is 72.2 Å². The molecule has 0 saturated carbocycles.